The summed E-state index contributed by atoms with van der Waals surface area (Å²) in [6, 6.07) is 22.0. The van der Waals surface area contributed by atoms with E-state index in [-0.39, 0.29) is 5.56 Å². The third-order valence-electron chi connectivity index (χ3n) is 4.39. The SMILES string of the molecule is CCc1cc(=O)n2[nH]c(Cc3ccccc3)c(-c3ccccc3)c2n1. The van der Waals surface area contributed by atoms with E-state index in [1.807, 2.05) is 43.3 Å². The van der Waals surface area contributed by atoms with Crippen molar-refractivity contribution in [1.29, 1.82) is 0 Å². The molecular formula is C21H19N3O. The number of hydrogen-bond acceptors (Lipinski definition) is 2. The summed E-state index contributed by atoms with van der Waals surface area (Å²) in [6.45, 7) is 2.01. The van der Waals surface area contributed by atoms with Crippen LogP contribution in [-0.4, -0.2) is 14.6 Å². The Morgan fingerprint density at radius 1 is 1.00 bits per heavy atom. The predicted molar refractivity (Wildman–Crippen MR) is 99.9 cm³/mol. The molecule has 0 saturated carbocycles. The minimum Gasteiger partial charge on any atom is -0.293 e. The Bertz CT molecular complexity index is 1060. The summed E-state index contributed by atoms with van der Waals surface area (Å²) in [4.78, 5) is 17.2. The van der Waals surface area contributed by atoms with Crippen molar-refractivity contribution in [1.82, 2.24) is 14.6 Å². The van der Waals surface area contributed by atoms with Crippen molar-refractivity contribution in [2.24, 2.45) is 0 Å². The number of hydrogen-bond donors (Lipinski definition) is 1. The first kappa shape index (κ1) is 15.4. The molecule has 0 fully saturated rings. The van der Waals surface area contributed by atoms with E-state index in [9.17, 15) is 4.79 Å². The number of benzene rings is 2. The molecule has 0 unspecified atom stereocenters. The van der Waals surface area contributed by atoms with Crippen molar-refractivity contribution < 1.29 is 0 Å². The molecule has 4 nitrogen and oxygen atoms in total. The Morgan fingerprint density at radius 2 is 1.68 bits per heavy atom. The van der Waals surface area contributed by atoms with Gasteiger partial charge in [0.2, 0.25) is 0 Å². The van der Waals surface area contributed by atoms with Crippen molar-refractivity contribution in [3.63, 3.8) is 0 Å². The third-order valence-corrected chi connectivity index (χ3v) is 4.39. The Hall–Kier alpha value is -3.14. The van der Waals surface area contributed by atoms with E-state index < -0.39 is 0 Å². The van der Waals surface area contributed by atoms with Gasteiger partial charge in [-0.05, 0) is 17.5 Å². The van der Waals surface area contributed by atoms with Crippen molar-refractivity contribution in [2.45, 2.75) is 19.8 Å². The zero-order valence-electron chi connectivity index (χ0n) is 14.1. The van der Waals surface area contributed by atoms with Crippen LogP contribution in [-0.2, 0) is 12.8 Å². The molecule has 4 aromatic rings. The minimum atomic E-state index is -0.0710. The van der Waals surface area contributed by atoms with Crippen LogP contribution in [0.2, 0.25) is 0 Å². The van der Waals surface area contributed by atoms with Crippen molar-refractivity contribution in [3.8, 4) is 11.1 Å². The fourth-order valence-corrected chi connectivity index (χ4v) is 3.15. The Morgan fingerprint density at radius 3 is 2.36 bits per heavy atom. The molecule has 0 atom stereocenters. The Balaban J connectivity index is 1.98. The van der Waals surface area contributed by atoms with Crippen LogP contribution in [0.25, 0.3) is 16.8 Å². The lowest BCUT2D eigenvalue weighted by Crippen LogP contribution is -2.15. The Labute approximate surface area is 145 Å². The zero-order valence-corrected chi connectivity index (χ0v) is 14.1. The van der Waals surface area contributed by atoms with Crippen LogP contribution < -0.4 is 5.56 Å². The van der Waals surface area contributed by atoms with Gasteiger partial charge in [-0.1, -0.05) is 67.6 Å². The molecule has 0 aliphatic heterocycles. The molecular weight excluding hydrogens is 310 g/mol. The predicted octanol–water partition coefficient (Wildman–Crippen LogP) is 3.84. The molecule has 2 heterocycles. The van der Waals surface area contributed by atoms with E-state index >= 15 is 0 Å². The van der Waals surface area contributed by atoms with Gasteiger partial charge < -0.3 is 0 Å². The zero-order chi connectivity index (χ0) is 17.2. The molecule has 1 N–H and O–H groups in total. The second kappa shape index (κ2) is 6.40. The molecule has 0 spiro atoms. The van der Waals surface area contributed by atoms with Crippen molar-refractivity contribution in [3.05, 3.63) is 94.0 Å². The number of aromatic amines is 1. The molecule has 0 saturated heterocycles. The number of rotatable bonds is 4. The van der Waals surface area contributed by atoms with E-state index in [0.29, 0.717) is 5.65 Å². The number of aryl methyl sites for hydroxylation is 1. The highest BCUT2D eigenvalue weighted by atomic mass is 16.1. The van der Waals surface area contributed by atoms with Gasteiger partial charge in [0.1, 0.15) is 0 Å². The van der Waals surface area contributed by atoms with Crippen molar-refractivity contribution in [2.75, 3.05) is 0 Å². The smallest absolute Gasteiger partial charge is 0.272 e. The first-order valence-corrected chi connectivity index (χ1v) is 8.49. The van der Waals surface area contributed by atoms with E-state index in [0.717, 1.165) is 35.4 Å². The lowest BCUT2D eigenvalue weighted by atomic mass is 10.0. The maximum Gasteiger partial charge on any atom is 0.272 e. The normalized spacial score (nSPS) is 11.1. The van der Waals surface area contributed by atoms with Crippen LogP contribution in [0.3, 0.4) is 0 Å². The molecule has 0 bridgehead atoms. The standard InChI is InChI=1S/C21H19N3O/c1-2-17-14-19(25)24-21(22-17)20(16-11-7-4-8-12-16)18(23-24)13-15-9-5-3-6-10-15/h3-12,14,23H,2,13H2,1H3. The number of H-pyrrole nitrogens is 1. The van der Waals surface area contributed by atoms with Crippen LogP contribution in [0, 0.1) is 0 Å². The van der Waals surface area contributed by atoms with Gasteiger partial charge in [0.05, 0.1) is 0 Å². The van der Waals surface area contributed by atoms with Gasteiger partial charge in [-0.3, -0.25) is 9.89 Å². The minimum absolute atomic E-state index is 0.0710. The van der Waals surface area contributed by atoms with Crippen LogP contribution in [0.5, 0.6) is 0 Å². The first-order chi connectivity index (χ1) is 12.3. The van der Waals surface area contributed by atoms with E-state index in [2.05, 4.69) is 29.4 Å². The van der Waals surface area contributed by atoms with E-state index in [4.69, 9.17) is 4.98 Å². The quantitative estimate of drug-likeness (QED) is 0.618. The summed E-state index contributed by atoms with van der Waals surface area (Å²) in [5.74, 6) is 0. The lowest BCUT2D eigenvalue weighted by Gasteiger charge is -2.04. The fraction of sp³-hybridized carbons (Fsp3) is 0.143. The average Bonchev–Trinajstić information content (AvgIpc) is 3.01. The second-order valence-electron chi connectivity index (χ2n) is 6.09. The van der Waals surface area contributed by atoms with E-state index in [1.54, 1.807) is 10.6 Å². The summed E-state index contributed by atoms with van der Waals surface area (Å²) in [7, 11) is 0. The summed E-state index contributed by atoms with van der Waals surface area (Å²) in [5, 5.41) is 3.27. The lowest BCUT2D eigenvalue weighted by molar-refractivity contribution is 0.850. The third kappa shape index (κ3) is 2.87. The van der Waals surface area contributed by atoms with Crippen molar-refractivity contribution >= 4 is 5.65 Å². The number of aromatic nitrogens is 3. The monoisotopic (exact) mass is 329 g/mol. The van der Waals surface area contributed by atoms with Gasteiger partial charge in [0.25, 0.3) is 5.56 Å². The fourth-order valence-electron chi connectivity index (χ4n) is 3.15. The molecule has 0 aliphatic rings. The molecule has 4 rings (SSSR count). The van der Waals surface area contributed by atoms with Crippen LogP contribution in [0.4, 0.5) is 0 Å². The highest BCUT2D eigenvalue weighted by molar-refractivity contribution is 5.80. The van der Waals surface area contributed by atoms with Crippen LogP contribution >= 0.6 is 0 Å². The van der Waals surface area contributed by atoms with Crippen LogP contribution in [0.15, 0.2) is 71.5 Å². The summed E-state index contributed by atoms with van der Waals surface area (Å²) >= 11 is 0. The molecule has 0 amide bonds. The van der Waals surface area contributed by atoms with Gasteiger partial charge in [-0.2, -0.15) is 0 Å². The Kier molecular flexibility index (Phi) is 3.94. The van der Waals surface area contributed by atoms with Gasteiger partial charge in [0, 0.05) is 29.4 Å². The second-order valence-corrected chi connectivity index (χ2v) is 6.09. The molecule has 2 aromatic carbocycles. The molecule has 4 heteroatoms. The largest absolute Gasteiger partial charge is 0.293 e. The molecule has 25 heavy (non-hydrogen) atoms. The average molecular weight is 329 g/mol. The molecule has 2 aromatic heterocycles. The molecule has 0 aliphatic carbocycles. The summed E-state index contributed by atoms with van der Waals surface area (Å²) in [6.07, 6.45) is 1.45. The summed E-state index contributed by atoms with van der Waals surface area (Å²) < 4.78 is 1.56. The maximum absolute atomic E-state index is 12.5. The van der Waals surface area contributed by atoms with E-state index in [1.165, 1.54) is 5.56 Å². The number of nitrogens with one attached hydrogen (secondary N) is 1. The van der Waals surface area contributed by atoms with Gasteiger partial charge in [-0.25, -0.2) is 9.50 Å². The first-order valence-electron chi connectivity index (χ1n) is 8.49. The highest BCUT2D eigenvalue weighted by Crippen LogP contribution is 2.28. The van der Waals surface area contributed by atoms with Crippen LogP contribution in [0.1, 0.15) is 23.9 Å². The van der Waals surface area contributed by atoms with Gasteiger partial charge in [-0.15, -0.1) is 0 Å². The number of fused-ring (bicyclic) bond motifs is 1. The molecule has 0 radical (unpaired) electrons. The topological polar surface area (TPSA) is 50.2 Å². The van der Waals surface area contributed by atoms with Gasteiger partial charge >= 0.3 is 0 Å². The number of nitrogens with zero attached hydrogens (tertiary/aromatic N) is 2. The molecule has 124 valence electrons. The van der Waals surface area contributed by atoms with Gasteiger partial charge in [0.15, 0.2) is 5.65 Å². The highest BCUT2D eigenvalue weighted by Gasteiger charge is 2.17. The maximum atomic E-state index is 12.5. The summed E-state index contributed by atoms with van der Waals surface area (Å²) in [5.41, 5.74) is 5.68.